The van der Waals surface area contributed by atoms with Gasteiger partial charge in [-0.2, -0.15) is 0 Å². The minimum absolute atomic E-state index is 1.60. The van der Waals surface area contributed by atoms with Crippen molar-refractivity contribution in [2.75, 3.05) is 42.5 Å². The highest BCUT2D eigenvalue weighted by Gasteiger charge is 2.62. The van der Waals surface area contributed by atoms with E-state index in [0.717, 1.165) is 0 Å². The van der Waals surface area contributed by atoms with Crippen LogP contribution in [0, 0.1) is 0 Å². The van der Waals surface area contributed by atoms with Crippen LogP contribution in [0.25, 0.3) is 0 Å². The third kappa shape index (κ3) is 2.07. The van der Waals surface area contributed by atoms with Gasteiger partial charge in [-0.1, -0.05) is 0 Å². The lowest BCUT2D eigenvalue weighted by atomic mass is 11.6. The maximum absolute atomic E-state index is 5.44. The fourth-order valence-electron chi connectivity index (χ4n) is 1.54. The van der Waals surface area contributed by atoms with E-state index in [1.54, 1.807) is 21.3 Å². The highest BCUT2D eigenvalue weighted by atomic mass is 29.3. The molecule has 14 heavy (non-hydrogen) atoms. The molecule has 0 amide bonds. The highest BCUT2D eigenvalue weighted by Crippen LogP contribution is 2.13. The zero-order valence-electron chi connectivity index (χ0n) is 9.72. The molecular weight excluding hydrogens is 218 g/mol. The topological polar surface area (TPSA) is 63.8 Å². The summed E-state index contributed by atoms with van der Waals surface area (Å²) < 4.78 is 16.3. The third-order valence-electron chi connectivity index (χ3n) is 2.39. The first kappa shape index (κ1) is 14.2. The van der Waals surface area contributed by atoms with E-state index >= 15 is 0 Å². The van der Waals surface area contributed by atoms with Crippen molar-refractivity contribution in [3.63, 3.8) is 0 Å². The van der Waals surface area contributed by atoms with Gasteiger partial charge < -0.3 is 28.2 Å². The molecule has 0 radical (unpaired) electrons. The van der Waals surface area contributed by atoms with E-state index < -0.39 is 16.4 Å². The summed E-state index contributed by atoms with van der Waals surface area (Å²) >= 11 is 0. The molecule has 0 aromatic carbocycles. The van der Waals surface area contributed by atoms with E-state index in [0.29, 0.717) is 0 Å². The van der Waals surface area contributed by atoms with E-state index in [1.807, 2.05) is 21.1 Å². The second-order valence-electron chi connectivity index (χ2n) is 2.67. The Kier molecular flexibility index (Phi) is 6.01. The Labute approximate surface area is 87.7 Å². The van der Waals surface area contributed by atoms with Crippen LogP contribution in [0.15, 0.2) is 0 Å². The summed E-state index contributed by atoms with van der Waals surface area (Å²) in [4.78, 5) is 9.64. The average Bonchev–Trinajstić information content (AvgIpc) is 2.27. The van der Waals surface area contributed by atoms with Gasteiger partial charge in [0.15, 0.2) is 0 Å². The summed E-state index contributed by atoms with van der Waals surface area (Å²) in [6, 6.07) is 0. The number of nitrogens with one attached hydrogen (secondary N) is 3. The molecule has 8 heteroatoms. The first-order chi connectivity index (χ1) is 6.61. The monoisotopic (exact) mass is 239 g/mol. The summed E-state index contributed by atoms with van der Waals surface area (Å²) in [5.41, 5.74) is 0. The summed E-state index contributed by atoms with van der Waals surface area (Å²) in [6.07, 6.45) is 0. The van der Waals surface area contributed by atoms with Crippen LogP contribution in [0.2, 0.25) is 0 Å². The number of hydrogen-bond donors (Lipinski definition) is 3. The molecule has 0 saturated heterocycles. The van der Waals surface area contributed by atoms with Crippen molar-refractivity contribution in [2.24, 2.45) is 0 Å². The van der Waals surface area contributed by atoms with Crippen LogP contribution in [0.4, 0.5) is 0 Å². The molecular formula is C6H21N3O3Si2. The van der Waals surface area contributed by atoms with Gasteiger partial charge in [-0.3, -0.25) is 0 Å². The largest absolute Gasteiger partial charge is 0.527 e. The van der Waals surface area contributed by atoms with Gasteiger partial charge in [-0.15, -0.1) is 0 Å². The Morgan fingerprint density at radius 2 is 1.00 bits per heavy atom. The van der Waals surface area contributed by atoms with Crippen molar-refractivity contribution in [3.8, 4) is 0 Å². The normalized spacial score (nSPS) is 13.3. The molecule has 3 N–H and O–H groups in total. The van der Waals surface area contributed by atoms with E-state index in [4.69, 9.17) is 13.3 Å². The molecule has 0 bridgehead atoms. The maximum atomic E-state index is 5.44. The van der Waals surface area contributed by atoms with Crippen LogP contribution in [-0.4, -0.2) is 58.9 Å². The molecule has 6 nitrogen and oxygen atoms in total. The summed E-state index contributed by atoms with van der Waals surface area (Å²) in [7, 11) is 5.42. The van der Waals surface area contributed by atoms with E-state index in [-0.39, 0.29) is 0 Å². The lowest BCUT2D eigenvalue weighted by Crippen LogP contribution is -2.87. The second-order valence-corrected chi connectivity index (χ2v) is 12.1. The van der Waals surface area contributed by atoms with Crippen LogP contribution < -0.4 is 14.9 Å². The Morgan fingerprint density at radius 1 is 0.714 bits per heavy atom. The van der Waals surface area contributed by atoms with Crippen LogP contribution >= 0.6 is 0 Å². The Morgan fingerprint density at radius 3 is 1.07 bits per heavy atom. The fourth-order valence-corrected chi connectivity index (χ4v) is 10.1. The molecule has 0 aliphatic rings. The van der Waals surface area contributed by atoms with Crippen molar-refractivity contribution in [1.29, 1.82) is 0 Å². The molecule has 0 atom stereocenters. The minimum Gasteiger partial charge on any atom is -0.377 e. The van der Waals surface area contributed by atoms with Gasteiger partial charge in [0.25, 0.3) is 0 Å². The molecule has 0 unspecified atom stereocenters. The van der Waals surface area contributed by atoms with Gasteiger partial charge in [0.05, 0.1) is 0 Å². The van der Waals surface area contributed by atoms with E-state index in [1.165, 1.54) is 0 Å². The molecule has 0 aromatic rings. The standard InChI is InChI=1S/C6H21N3O3Si2/c1-7-13(8-2,9-3)14(10-4,11-5)12-6/h7-9H,1-6H3. The molecule has 0 heterocycles. The van der Waals surface area contributed by atoms with Crippen molar-refractivity contribution >= 4 is 16.4 Å². The predicted molar refractivity (Wildman–Crippen MR) is 59.7 cm³/mol. The summed E-state index contributed by atoms with van der Waals surface area (Å²) in [6.45, 7) is 0. The van der Waals surface area contributed by atoms with E-state index in [2.05, 4.69) is 14.9 Å². The number of hydrogen-bond acceptors (Lipinski definition) is 6. The molecule has 0 saturated carbocycles. The Balaban J connectivity index is 5.08. The lowest BCUT2D eigenvalue weighted by Gasteiger charge is -2.39. The molecule has 0 fully saturated rings. The number of rotatable bonds is 7. The zero-order chi connectivity index (χ0) is 11.2. The van der Waals surface area contributed by atoms with E-state index in [9.17, 15) is 0 Å². The van der Waals surface area contributed by atoms with Crippen molar-refractivity contribution in [2.45, 2.75) is 0 Å². The first-order valence-corrected chi connectivity index (χ1v) is 9.06. The van der Waals surface area contributed by atoms with Gasteiger partial charge in [0.1, 0.15) is 0 Å². The highest BCUT2D eigenvalue weighted by molar-refractivity contribution is 7.31. The molecule has 0 aromatic heterocycles. The van der Waals surface area contributed by atoms with Crippen LogP contribution in [0.1, 0.15) is 0 Å². The Bertz CT molecular complexity index is 130. The molecule has 0 spiro atoms. The average molecular weight is 239 g/mol. The predicted octanol–water partition coefficient (Wildman–Crippen LogP) is -1.46. The molecule has 0 aliphatic carbocycles. The van der Waals surface area contributed by atoms with Gasteiger partial charge in [-0.05, 0) is 21.1 Å². The van der Waals surface area contributed by atoms with Crippen molar-refractivity contribution < 1.29 is 13.3 Å². The van der Waals surface area contributed by atoms with Gasteiger partial charge in [-0.25, -0.2) is 0 Å². The smallest absolute Gasteiger partial charge is 0.377 e. The minimum atomic E-state index is -2.69. The second kappa shape index (κ2) is 5.93. The third-order valence-corrected chi connectivity index (χ3v) is 14.0. The quantitative estimate of drug-likeness (QED) is 0.472. The molecule has 0 rings (SSSR count). The van der Waals surface area contributed by atoms with Crippen LogP contribution in [0.5, 0.6) is 0 Å². The zero-order valence-corrected chi connectivity index (χ0v) is 11.7. The lowest BCUT2D eigenvalue weighted by molar-refractivity contribution is 0.142. The van der Waals surface area contributed by atoms with Crippen LogP contribution in [0.3, 0.4) is 0 Å². The van der Waals surface area contributed by atoms with Crippen LogP contribution in [-0.2, 0) is 13.3 Å². The van der Waals surface area contributed by atoms with Gasteiger partial charge in [0, 0.05) is 21.3 Å². The fraction of sp³-hybridized carbons (Fsp3) is 1.00. The summed E-state index contributed by atoms with van der Waals surface area (Å²) in [5.74, 6) is 0. The Hall–Kier alpha value is 0.194. The van der Waals surface area contributed by atoms with Gasteiger partial charge in [0.2, 0.25) is 0 Å². The maximum Gasteiger partial charge on any atom is 0.527 e. The molecule has 0 aliphatic heterocycles. The SMILES string of the molecule is CN[Si](NC)(NC)[Si](OC)(OC)OC. The summed E-state index contributed by atoms with van der Waals surface area (Å²) in [5, 5.41) is 0. The van der Waals surface area contributed by atoms with Gasteiger partial charge >= 0.3 is 16.4 Å². The molecule has 86 valence electrons. The van der Waals surface area contributed by atoms with Crippen molar-refractivity contribution in [1.82, 2.24) is 14.9 Å². The first-order valence-electron chi connectivity index (χ1n) is 4.34. The van der Waals surface area contributed by atoms with Crippen molar-refractivity contribution in [3.05, 3.63) is 0 Å².